The molecule has 1 atom stereocenters. The SMILES string of the molecule is CCc1ccc(C(=O)NC(CC(=O)O)C(C)(C)C)s1. The van der Waals surface area contributed by atoms with Gasteiger partial charge in [0.2, 0.25) is 0 Å². The van der Waals surface area contributed by atoms with Crippen molar-refractivity contribution in [3.63, 3.8) is 0 Å². The molecule has 0 fully saturated rings. The van der Waals surface area contributed by atoms with Crippen LogP contribution in [0.3, 0.4) is 0 Å². The van der Waals surface area contributed by atoms with E-state index in [9.17, 15) is 9.59 Å². The molecule has 4 nitrogen and oxygen atoms in total. The lowest BCUT2D eigenvalue weighted by molar-refractivity contribution is -0.138. The van der Waals surface area contributed by atoms with Gasteiger partial charge in [0.25, 0.3) is 5.91 Å². The molecule has 0 saturated heterocycles. The normalized spacial score (nSPS) is 13.1. The van der Waals surface area contributed by atoms with Crippen LogP contribution < -0.4 is 5.32 Å². The van der Waals surface area contributed by atoms with Crippen molar-refractivity contribution >= 4 is 23.2 Å². The molecule has 2 N–H and O–H groups in total. The second kappa shape index (κ2) is 6.19. The van der Waals surface area contributed by atoms with Gasteiger partial charge in [-0.15, -0.1) is 11.3 Å². The van der Waals surface area contributed by atoms with Crippen molar-refractivity contribution < 1.29 is 14.7 Å². The molecular weight excluding hydrogens is 262 g/mol. The minimum Gasteiger partial charge on any atom is -0.481 e. The van der Waals surface area contributed by atoms with E-state index in [0.29, 0.717) is 4.88 Å². The van der Waals surface area contributed by atoms with E-state index in [1.165, 1.54) is 11.3 Å². The number of carbonyl (C=O) groups is 2. The van der Waals surface area contributed by atoms with Crippen LogP contribution in [0.2, 0.25) is 0 Å². The van der Waals surface area contributed by atoms with Crippen molar-refractivity contribution in [2.75, 3.05) is 0 Å². The van der Waals surface area contributed by atoms with Gasteiger partial charge in [-0.3, -0.25) is 9.59 Å². The summed E-state index contributed by atoms with van der Waals surface area (Å²) in [6.07, 6.45) is 0.830. The predicted octanol–water partition coefficient (Wildman–Crippen LogP) is 2.93. The fourth-order valence-corrected chi connectivity index (χ4v) is 2.52. The Morgan fingerprint density at radius 1 is 1.37 bits per heavy atom. The lowest BCUT2D eigenvalue weighted by atomic mass is 9.84. The number of carboxylic acids is 1. The molecule has 106 valence electrons. The highest BCUT2D eigenvalue weighted by molar-refractivity contribution is 7.14. The Morgan fingerprint density at radius 3 is 2.42 bits per heavy atom. The monoisotopic (exact) mass is 283 g/mol. The Balaban J connectivity index is 2.78. The van der Waals surface area contributed by atoms with E-state index in [1.807, 2.05) is 33.8 Å². The van der Waals surface area contributed by atoms with Gasteiger partial charge >= 0.3 is 5.97 Å². The average Bonchev–Trinajstić information content (AvgIpc) is 2.74. The second-order valence-corrected chi connectivity index (χ2v) is 6.78. The zero-order valence-electron chi connectivity index (χ0n) is 11.8. The van der Waals surface area contributed by atoms with E-state index in [0.717, 1.165) is 11.3 Å². The summed E-state index contributed by atoms with van der Waals surface area (Å²) in [7, 11) is 0. The Labute approximate surface area is 117 Å². The molecule has 0 radical (unpaired) electrons. The third-order valence-corrected chi connectivity index (χ3v) is 4.19. The van der Waals surface area contributed by atoms with E-state index >= 15 is 0 Å². The van der Waals surface area contributed by atoms with Gasteiger partial charge in [-0.1, -0.05) is 27.7 Å². The van der Waals surface area contributed by atoms with Gasteiger partial charge in [0, 0.05) is 10.9 Å². The van der Waals surface area contributed by atoms with Crippen LogP contribution in [0.15, 0.2) is 12.1 Å². The quantitative estimate of drug-likeness (QED) is 0.873. The van der Waals surface area contributed by atoms with Gasteiger partial charge in [0.05, 0.1) is 11.3 Å². The lowest BCUT2D eigenvalue weighted by Gasteiger charge is -2.30. The molecule has 1 rings (SSSR count). The van der Waals surface area contributed by atoms with Crippen LogP contribution in [-0.4, -0.2) is 23.0 Å². The highest BCUT2D eigenvalue weighted by Crippen LogP contribution is 2.23. The maximum absolute atomic E-state index is 12.1. The molecule has 1 aromatic rings. The lowest BCUT2D eigenvalue weighted by Crippen LogP contribution is -2.44. The van der Waals surface area contributed by atoms with Crippen LogP contribution >= 0.6 is 11.3 Å². The Morgan fingerprint density at radius 2 is 2.00 bits per heavy atom. The summed E-state index contributed by atoms with van der Waals surface area (Å²) in [6, 6.07) is 3.34. The largest absolute Gasteiger partial charge is 0.481 e. The zero-order chi connectivity index (χ0) is 14.6. The molecule has 0 aromatic carbocycles. The van der Waals surface area contributed by atoms with E-state index < -0.39 is 5.97 Å². The topological polar surface area (TPSA) is 66.4 Å². The zero-order valence-corrected chi connectivity index (χ0v) is 12.6. The minimum absolute atomic E-state index is 0.0682. The summed E-state index contributed by atoms with van der Waals surface area (Å²) in [5.41, 5.74) is -0.293. The van der Waals surface area contributed by atoms with Crippen LogP contribution in [0, 0.1) is 5.41 Å². The summed E-state index contributed by atoms with van der Waals surface area (Å²) in [4.78, 5) is 24.8. The van der Waals surface area contributed by atoms with Gasteiger partial charge in [0.15, 0.2) is 0 Å². The molecule has 1 amide bonds. The molecule has 0 spiro atoms. The van der Waals surface area contributed by atoms with E-state index in [2.05, 4.69) is 5.32 Å². The molecule has 0 saturated carbocycles. The molecule has 0 aliphatic rings. The molecule has 0 bridgehead atoms. The van der Waals surface area contributed by atoms with Crippen LogP contribution in [0.25, 0.3) is 0 Å². The van der Waals surface area contributed by atoms with Gasteiger partial charge < -0.3 is 10.4 Å². The average molecular weight is 283 g/mol. The molecule has 0 aliphatic carbocycles. The van der Waals surface area contributed by atoms with Gasteiger partial charge in [0.1, 0.15) is 0 Å². The first-order valence-corrected chi connectivity index (χ1v) is 7.17. The van der Waals surface area contributed by atoms with Crippen molar-refractivity contribution in [3.8, 4) is 0 Å². The number of aliphatic carboxylic acids is 1. The third-order valence-electron chi connectivity index (χ3n) is 2.96. The number of amides is 1. The molecule has 0 aliphatic heterocycles. The number of hydrogen-bond acceptors (Lipinski definition) is 3. The molecular formula is C14H21NO3S. The highest BCUT2D eigenvalue weighted by Gasteiger charge is 2.29. The molecule has 5 heteroatoms. The Bertz CT molecular complexity index is 460. The van der Waals surface area contributed by atoms with Gasteiger partial charge in [-0.2, -0.15) is 0 Å². The Kier molecular flexibility index (Phi) is 5.11. The van der Waals surface area contributed by atoms with E-state index in [-0.39, 0.29) is 23.8 Å². The maximum Gasteiger partial charge on any atom is 0.305 e. The number of thiophene rings is 1. The minimum atomic E-state index is -0.902. The van der Waals surface area contributed by atoms with Crippen molar-refractivity contribution in [2.45, 2.75) is 46.6 Å². The van der Waals surface area contributed by atoms with Crippen LogP contribution in [0.1, 0.15) is 48.7 Å². The fourth-order valence-electron chi connectivity index (χ4n) is 1.67. The highest BCUT2D eigenvalue weighted by atomic mass is 32.1. The number of nitrogens with one attached hydrogen (secondary N) is 1. The number of aryl methyl sites for hydroxylation is 1. The summed E-state index contributed by atoms with van der Waals surface area (Å²) in [5.74, 6) is -1.09. The standard InChI is InChI=1S/C14H21NO3S/c1-5-9-6-7-10(19-9)13(18)15-11(8-12(16)17)14(2,3)4/h6-7,11H,5,8H2,1-4H3,(H,15,18)(H,16,17). The first-order chi connectivity index (χ1) is 8.74. The Hall–Kier alpha value is -1.36. The van der Waals surface area contributed by atoms with E-state index in [4.69, 9.17) is 5.11 Å². The van der Waals surface area contributed by atoms with Crippen molar-refractivity contribution in [2.24, 2.45) is 5.41 Å². The summed E-state index contributed by atoms with van der Waals surface area (Å²) < 4.78 is 0. The number of rotatable bonds is 5. The smallest absolute Gasteiger partial charge is 0.305 e. The molecule has 1 heterocycles. The summed E-state index contributed by atoms with van der Waals surface area (Å²) >= 11 is 1.45. The number of hydrogen-bond donors (Lipinski definition) is 2. The second-order valence-electron chi connectivity index (χ2n) is 5.61. The molecule has 1 unspecified atom stereocenters. The first-order valence-electron chi connectivity index (χ1n) is 6.35. The van der Waals surface area contributed by atoms with Crippen LogP contribution in [0.4, 0.5) is 0 Å². The fraction of sp³-hybridized carbons (Fsp3) is 0.571. The summed E-state index contributed by atoms with van der Waals surface area (Å²) in [5, 5.41) is 11.8. The summed E-state index contributed by atoms with van der Waals surface area (Å²) in [6.45, 7) is 7.81. The van der Waals surface area contributed by atoms with Gasteiger partial charge in [-0.05, 0) is 24.0 Å². The van der Waals surface area contributed by atoms with Crippen molar-refractivity contribution in [1.29, 1.82) is 0 Å². The third kappa shape index (κ3) is 4.67. The van der Waals surface area contributed by atoms with Gasteiger partial charge in [-0.25, -0.2) is 0 Å². The number of carboxylic acid groups (broad SMARTS) is 1. The predicted molar refractivity (Wildman–Crippen MR) is 76.7 cm³/mol. The maximum atomic E-state index is 12.1. The number of carbonyl (C=O) groups excluding carboxylic acids is 1. The van der Waals surface area contributed by atoms with Crippen LogP contribution in [0.5, 0.6) is 0 Å². The first kappa shape index (κ1) is 15.7. The molecule has 19 heavy (non-hydrogen) atoms. The van der Waals surface area contributed by atoms with Crippen LogP contribution in [-0.2, 0) is 11.2 Å². The van der Waals surface area contributed by atoms with Crippen molar-refractivity contribution in [3.05, 3.63) is 21.9 Å². The van der Waals surface area contributed by atoms with Crippen molar-refractivity contribution in [1.82, 2.24) is 5.32 Å². The van der Waals surface area contributed by atoms with E-state index in [1.54, 1.807) is 6.07 Å². The molecule has 1 aromatic heterocycles.